The van der Waals surface area contributed by atoms with Crippen LogP contribution in [0.1, 0.15) is 57.7 Å². The molecule has 3 amide bonds. The van der Waals surface area contributed by atoms with Gasteiger partial charge < -0.3 is 9.64 Å². The topological polar surface area (TPSA) is 103 Å². The fourth-order valence-electron chi connectivity index (χ4n) is 4.22. The van der Waals surface area contributed by atoms with Crippen LogP contribution in [0.2, 0.25) is 0 Å². The first-order valence-corrected chi connectivity index (χ1v) is 10.1. The van der Waals surface area contributed by atoms with Crippen molar-refractivity contribution in [3.63, 3.8) is 0 Å². The summed E-state index contributed by atoms with van der Waals surface area (Å²) in [5.41, 5.74) is 1.23. The SMILES string of the molecule is Cn1c(=O)n(C2CCC(=O)NC2=O)c2cccc(C3CCN3C(=O)OC(C)(C)C)c21. The fraction of sp³-hybridized carbons (Fsp3) is 0.524. The Labute approximate surface area is 173 Å². The summed E-state index contributed by atoms with van der Waals surface area (Å²) in [5, 5.41) is 2.32. The van der Waals surface area contributed by atoms with Gasteiger partial charge in [-0.1, -0.05) is 12.1 Å². The zero-order valence-electron chi connectivity index (χ0n) is 17.6. The van der Waals surface area contributed by atoms with Gasteiger partial charge in [0.05, 0.1) is 17.1 Å². The molecule has 2 aliphatic rings. The summed E-state index contributed by atoms with van der Waals surface area (Å²) in [6, 6.07) is 4.58. The summed E-state index contributed by atoms with van der Waals surface area (Å²) < 4.78 is 8.48. The molecular formula is C21H26N4O5. The van der Waals surface area contributed by atoms with E-state index in [1.165, 1.54) is 9.13 Å². The maximum absolute atomic E-state index is 13.1. The highest BCUT2D eigenvalue weighted by Crippen LogP contribution is 2.38. The molecule has 0 spiro atoms. The van der Waals surface area contributed by atoms with E-state index in [4.69, 9.17) is 4.74 Å². The number of aromatic nitrogens is 2. The highest BCUT2D eigenvalue weighted by Gasteiger charge is 2.38. The first-order chi connectivity index (χ1) is 14.1. The van der Waals surface area contributed by atoms with Crippen LogP contribution in [0.25, 0.3) is 11.0 Å². The van der Waals surface area contributed by atoms with Crippen LogP contribution in [0, 0.1) is 0 Å². The van der Waals surface area contributed by atoms with E-state index in [1.54, 1.807) is 18.0 Å². The Bertz CT molecular complexity index is 1110. The first-order valence-electron chi connectivity index (χ1n) is 10.1. The summed E-state index contributed by atoms with van der Waals surface area (Å²) in [6.45, 7) is 6.05. The molecule has 1 aromatic heterocycles. The lowest BCUT2D eigenvalue weighted by Gasteiger charge is -2.41. The predicted octanol–water partition coefficient (Wildman–Crippen LogP) is 2.00. The molecule has 1 aromatic carbocycles. The number of aryl methyl sites for hydroxylation is 1. The lowest BCUT2D eigenvalue weighted by atomic mass is 9.94. The number of para-hydroxylation sites is 1. The number of benzene rings is 1. The van der Waals surface area contributed by atoms with Crippen molar-refractivity contribution >= 4 is 28.9 Å². The Balaban J connectivity index is 1.75. The standard InChI is InChI=1S/C21H26N4O5/c1-21(2,3)30-20(29)24-11-10-13(24)12-6-5-7-14-17(12)23(4)19(28)25(14)15-8-9-16(26)22-18(15)27/h5-7,13,15H,8-11H2,1-4H3,(H,22,26,27). The molecule has 0 saturated carbocycles. The number of imidazole rings is 1. The third kappa shape index (κ3) is 3.28. The molecule has 160 valence electrons. The van der Waals surface area contributed by atoms with Crippen molar-refractivity contribution in [1.29, 1.82) is 0 Å². The molecule has 3 heterocycles. The minimum atomic E-state index is -0.738. The van der Waals surface area contributed by atoms with E-state index in [1.807, 2.05) is 32.9 Å². The number of nitrogens with one attached hydrogen (secondary N) is 1. The summed E-state index contributed by atoms with van der Waals surface area (Å²) in [6.07, 6.45) is 0.844. The van der Waals surface area contributed by atoms with E-state index in [2.05, 4.69) is 5.32 Å². The number of imide groups is 1. The fourth-order valence-corrected chi connectivity index (χ4v) is 4.22. The van der Waals surface area contributed by atoms with Gasteiger partial charge in [-0.2, -0.15) is 0 Å². The van der Waals surface area contributed by atoms with Crippen LogP contribution >= 0.6 is 0 Å². The van der Waals surface area contributed by atoms with Gasteiger partial charge in [-0.25, -0.2) is 9.59 Å². The smallest absolute Gasteiger partial charge is 0.410 e. The minimum Gasteiger partial charge on any atom is -0.444 e. The number of amides is 3. The molecule has 9 heteroatoms. The maximum atomic E-state index is 13.1. The Hall–Kier alpha value is -3.10. The molecule has 2 aliphatic heterocycles. The quantitative estimate of drug-likeness (QED) is 0.757. The van der Waals surface area contributed by atoms with Crippen molar-refractivity contribution in [2.75, 3.05) is 6.54 Å². The number of hydrogen-bond donors (Lipinski definition) is 1. The number of piperidine rings is 1. The van der Waals surface area contributed by atoms with E-state index in [-0.39, 0.29) is 36.6 Å². The van der Waals surface area contributed by atoms with Crippen LogP contribution in [-0.4, -0.2) is 44.1 Å². The van der Waals surface area contributed by atoms with Gasteiger partial charge in [-0.3, -0.25) is 24.0 Å². The van der Waals surface area contributed by atoms with Gasteiger partial charge >= 0.3 is 11.8 Å². The van der Waals surface area contributed by atoms with Gasteiger partial charge in [0.25, 0.3) is 0 Å². The molecule has 0 radical (unpaired) electrons. The average molecular weight is 414 g/mol. The summed E-state index contributed by atoms with van der Waals surface area (Å²) in [4.78, 5) is 51.2. The van der Waals surface area contributed by atoms with Crippen molar-refractivity contribution in [2.45, 2.75) is 57.7 Å². The number of fused-ring (bicyclic) bond motifs is 1. The van der Waals surface area contributed by atoms with Crippen molar-refractivity contribution in [3.05, 3.63) is 34.2 Å². The van der Waals surface area contributed by atoms with Crippen molar-refractivity contribution in [3.8, 4) is 0 Å². The molecule has 2 unspecified atom stereocenters. The lowest BCUT2D eigenvalue weighted by molar-refractivity contribution is -0.135. The third-order valence-corrected chi connectivity index (χ3v) is 5.66. The van der Waals surface area contributed by atoms with Gasteiger partial charge in [0.1, 0.15) is 11.6 Å². The maximum Gasteiger partial charge on any atom is 0.410 e. The van der Waals surface area contributed by atoms with E-state index >= 15 is 0 Å². The summed E-state index contributed by atoms with van der Waals surface area (Å²) >= 11 is 0. The molecule has 4 rings (SSSR count). The van der Waals surface area contributed by atoms with Crippen LogP contribution in [-0.2, 0) is 21.4 Å². The van der Waals surface area contributed by atoms with Crippen LogP contribution in [0.15, 0.2) is 23.0 Å². The molecule has 0 aliphatic carbocycles. The van der Waals surface area contributed by atoms with Crippen LogP contribution in [0.5, 0.6) is 0 Å². The summed E-state index contributed by atoms with van der Waals surface area (Å²) in [7, 11) is 1.66. The third-order valence-electron chi connectivity index (χ3n) is 5.66. The second-order valence-corrected chi connectivity index (χ2v) is 8.87. The van der Waals surface area contributed by atoms with Crippen LogP contribution in [0.3, 0.4) is 0 Å². The Morgan fingerprint density at radius 3 is 2.47 bits per heavy atom. The normalized spacial score (nSPS) is 22.1. The number of ether oxygens (including phenoxy) is 1. The number of hydrogen-bond acceptors (Lipinski definition) is 5. The number of rotatable bonds is 2. The Kier molecular flexibility index (Phi) is 4.71. The van der Waals surface area contributed by atoms with Gasteiger partial charge in [0, 0.05) is 25.6 Å². The van der Waals surface area contributed by atoms with E-state index in [9.17, 15) is 19.2 Å². The highest BCUT2D eigenvalue weighted by atomic mass is 16.6. The van der Waals surface area contributed by atoms with Gasteiger partial charge in [-0.15, -0.1) is 0 Å². The molecule has 2 atom stereocenters. The zero-order valence-corrected chi connectivity index (χ0v) is 17.6. The van der Waals surface area contributed by atoms with Crippen molar-refractivity contribution in [2.24, 2.45) is 7.05 Å². The lowest BCUT2D eigenvalue weighted by Crippen LogP contribution is -2.47. The van der Waals surface area contributed by atoms with Crippen LogP contribution in [0.4, 0.5) is 4.79 Å². The number of carbonyl (C=O) groups is 3. The number of carbonyl (C=O) groups excluding carboxylic acids is 3. The second kappa shape index (κ2) is 7.00. The zero-order chi connectivity index (χ0) is 21.8. The molecule has 2 aromatic rings. The van der Waals surface area contributed by atoms with E-state index in [0.717, 1.165) is 12.0 Å². The number of likely N-dealkylation sites (tertiary alicyclic amines) is 1. The minimum absolute atomic E-state index is 0.188. The Morgan fingerprint density at radius 2 is 1.87 bits per heavy atom. The Morgan fingerprint density at radius 1 is 1.13 bits per heavy atom. The molecule has 9 nitrogen and oxygen atoms in total. The van der Waals surface area contributed by atoms with Gasteiger partial charge in [0.15, 0.2) is 0 Å². The molecule has 2 fully saturated rings. The largest absolute Gasteiger partial charge is 0.444 e. The second-order valence-electron chi connectivity index (χ2n) is 8.87. The first kappa shape index (κ1) is 20.2. The predicted molar refractivity (Wildman–Crippen MR) is 109 cm³/mol. The summed E-state index contributed by atoms with van der Waals surface area (Å²) in [5.74, 6) is -0.794. The molecule has 30 heavy (non-hydrogen) atoms. The van der Waals surface area contributed by atoms with E-state index in [0.29, 0.717) is 17.6 Å². The molecule has 0 bridgehead atoms. The average Bonchev–Trinajstić information content (AvgIpc) is 2.85. The number of nitrogens with zero attached hydrogens (tertiary/aromatic N) is 3. The molecule has 1 N–H and O–H groups in total. The van der Waals surface area contributed by atoms with Gasteiger partial charge in [0.2, 0.25) is 11.8 Å². The monoisotopic (exact) mass is 414 g/mol. The van der Waals surface area contributed by atoms with Gasteiger partial charge in [-0.05, 0) is 39.7 Å². The van der Waals surface area contributed by atoms with Crippen molar-refractivity contribution in [1.82, 2.24) is 19.4 Å². The molecular weight excluding hydrogens is 388 g/mol. The molecule has 2 saturated heterocycles. The highest BCUT2D eigenvalue weighted by molar-refractivity contribution is 6.00. The van der Waals surface area contributed by atoms with Crippen LogP contribution < -0.4 is 11.0 Å². The van der Waals surface area contributed by atoms with Crippen molar-refractivity contribution < 1.29 is 19.1 Å². The van der Waals surface area contributed by atoms with E-state index < -0.39 is 17.6 Å².